The number of pyridine rings is 1. The van der Waals surface area contributed by atoms with Gasteiger partial charge in [-0.2, -0.15) is 0 Å². The lowest BCUT2D eigenvalue weighted by molar-refractivity contribution is 0.0693. The second kappa shape index (κ2) is 4.45. The molecule has 5 heteroatoms. The van der Waals surface area contributed by atoms with Crippen molar-refractivity contribution in [3.63, 3.8) is 0 Å². The van der Waals surface area contributed by atoms with E-state index in [1.54, 1.807) is 29.8 Å². The molecule has 0 aromatic carbocycles. The van der Waals surface area contributed by atoms with E-state index >= 15 is 0 Å². The van der Waals surface area contributed by atoms with E-state index in [2.05, 4.69) is 4.98 Å². The van der Waals surface area contributed by atoms with Gasteiger partial charge in [-0.1, -0.05) is 6.92 Å². The molecule has 0 spiro atoms. The summed E-state index contributed by atoms with van der Waals surface area (Å²) in [5.74, 6) is 0.378. The zero-order chi connectivity index (χ0) is 12.4. The van der Waals surface area contributed by atoms with Crippen molar-refractivity contribution in [2.24, 2.45) is 0 Å². The molecule has 0 radical (unpaired) electrons. The predicted molar refractivity (Wildman–Crippen MR) is 62.7 cm³/mol. The first-order chi connectivity index (χ1) is 8.17. The molecule has 90 valence electrons. The highest BCUT2D eigenvalue weighted by atomic mass is 16.5. The van der Waals surface area contributed by atoms with E-state index in [9.17, 15) is 4.79 Å². The molecule has 0 atom stereocenters. The van der Waals surface area contributed by atoms with Crippen molar-refractivity contribution >= 4 is 11.5 Å². The number of carbonyl (C=O) groups is 1. The van der Waals surface area contributed by atoms with E-state index in [0.717, 1.165) is 18.7 Å². The van der Waals surface area contributed by atoms with E-state index in [-0.39, 0.29) is 5.69 Å². The molecule has 0 aliphatic rings. The summed E-state index contributed by atoms with van der Waals surface area (Å²) in [5, 5.41) is 9.11. The molecule has 1 N–H and O–H groups in total. The normalized spacial score (nSPS) is 10.7. The minimum Gasteiger partial charge on any atom is -0.497 e. The summed E-state index contributed by atoms with van der Waals surface area (Å²) in [6.07, 6.45) is 3.46. The third-order valence-corrected chi connectivity index (χ3v) is 2.60. The summed E-state index contributed by atoms with van der Waals surface area (Å²) in [4.78, 5) is 15.3. The van der Waals surface area contributed by atoms with Gasteiger partial charge in [0, 0.05) is 18.7 Å². The van der Waals surface area contributed by atoms with Crippen molar-refractivity contribution in [2.45, 2.75) is 19.8 Å². The first kappa shape index (κ1) is 11.4. The summed E-state index contributed by atoms with van der Waals surface area (Å²) in [6.45, 7) is 2.03. The lowest BCUT2D eigenvalue weighted by Gasteiger charge is -2.02. The van der Waals surface area contributed by atoms with Crippen LogP contribution in [0.5, 0.6) is 5.75 Å². The number of nitrogens with zero attached hydrogens (tertiary/aromatic N) is 2. The molecule has 0 aliphatic carbocycles. The van der Waals surface area contributed by atoms with Gasteiger partial charge >= 0.3 is 5.97 Å². The van der Waals surface area contributed by atoms with Crippen LogP contribution in [0, 0.1) is 0 Å². The number of hydrogen-bond acceptors (Lipinski definition) is 3. The first-order valence-corrected chi connectivity index (χ1v) is 5.45. The molecule has 0 fully saturated rings. The SMILES string of the molecule is CCCc1nc(C(=O)O)c2cc(OC)ccn12. The van der Waals surface area contributed by atoms with Gasteiger partial charge in [-0.3, -0.25) is 0 Å². The standard InChI is InChI=1S/C12H14N2O3/c1-3-4-10-13-11(12(15)16)9-7-8(17-2)5-6-14(9)10/h5-7H,3-4H2,1-2H3,(H,15,16). The number of rotatable bonds is 4. The predicted octanol–water partition coefficient (Wildman–Crippen LogP) is 1.99. The van der Waals surface area contributed by atoms with Gasteiger partial charge in [0.15, 0.2) is 5.69 Å². The Labute approximate surface area is 98.7 Å². The van der Waals surface area contributed by atoms with Crippen LogP contribution >= 0.6 is 0 Å². The number of hydrogen-bond donors (Lipinski definition) is 1. The van der Waals surface area contributed by atoms with Crippen LogP contribution in [0.1, 0.15) is 29.7 Å². The number of methoxy groups -OCH3 is 1. The molecule has 0 amide bonds. The molecule has 2 heterocycles. The highest BCUT2D eigenvalue weighted by Gasteiger charge is 2.16. The topological polar surface area (TPSA) is 63.8 Å². The second-order valence-electron chi connectivity index (χ2n) is 3.75. The van der Waals surface area contributed by atoms with Crippen LogP contribution < -0.4 is 4.74 Å². The Kier molecular flexibility index (Phi) is 2.99. The molecule has 0 bridgehead atoms. The maximum Gasteiger partial charge on any atom is 0.356 e. The summed E-state index contributed by atoms with van der Waals surface area (Å²) in [5.41, 5.74) is 0.646. The number of imidazole rings is 1. The van der Waals surface area contributed by atoms with Crippen molar-refractivity contribution in [1.82, 2.24) is 9.38 Å². The van der Waals surface area contributed by atoms with Crippen molar-refractivity contribution in [1.29, 1.82) is 0 Å². The van der Waals surface area contributed by atoms with E-state index in [0.29, 0.717) is 11.3 Å². The van der Waals surface area contributed by atoms with Crippen LogP contribution in [-0.4, -0.2) is 27.6 Å². The molecular weight excluding hydrogens is 220 g/mol. The fraction of sp³-hybridized carbons (Fsp3) is 0.333. The Morgan fingerprint density at radius 2 is 2.35 bits per heavy atom. The molecule has 2 rings (SSSR count). The molecule has 17 heavy (non-hydrogen) atoms. The Hall–Kier alpha value is -2.04. The smallest absolute Gasteiger partial charge is 0.356 e. The molecular formula is C12H14N2O3. The van der Waals surface area contributed by atoms with Gasteiger partial charge in [0.25, 0.3) is 0 Å². The maximum atomic E-state index is 11.1. The van der Waals surface area contributed by atoms with Gasteiger partial charge < -0.3 is 14.2 Å². The Morgan fingerprint density at radius 1 is 1.59 bits per heavy atom. The monoisotopic (exact) mass is 234 g/mol. The quantitative estimate of drug-likeness (QED) is 0.878. The van der Waals surface area contributed by atoms with Gasteiger partial charge in [0.05, 0.1) is 12.6 Å². The number of ether oxygens (including phenoxy) is 1. The van der Waals surface area contributed by atoms with Crippen molar-refractivity contribution in [3.8, 4) is 5.75 Å². The van der Waals surface area contributed by atoms with Crippen LogP contribution in [0.15, 0.2) is 18.3 Å². The van der Waals surface area contributed by atoms with Crippen molar-refractivity contribution in [3.05, 3.63) is 29.8 Å². The molecule has 2 aromatic heterocycles. The van der Waals surface area contributed by atoms with E-state index in [1.165, 1.54) is 0 Å². The largest absolute Gasteiger partial charge is 0.497 e. The number of carboxylic acids is 1. The number of aromatic nitrogens is 2. The van der Waals surface area contributed by atoms with Crippen LogP contribution in [0.4, 0.5) is 0 Å². The molecule has 2 aromatic rings. The first-order valence-electron chi connectivity index (χ1n) is 5.45. The lowest BCUT2D eigenvalue weighted by atomic mass is 10.3. The number of aromatic carboxylic acids is 1. The van der Waals surface area contributed by atoms with Gasteiger partial charge in [-0.05, 0) is 12.5 Å². The van der Waals surface area contributed by atoms with Crippen LogP contribution in [-0.2, 0) is 6.42 Å². The summed E-state index contributed by atoms with van der Waals surface area (Å²) in [6, 6.07) is 3.48. The number of carboxylic acid groups (broad SMARTS) is 1. The number of fused-ring (bicyclic) bond motifs is 1. The Bertz CT molecular complexity index is 560. The molecule has 0 saturated carbocycles. The zero-order valence-corrected chi connectivity index (χ0v) is 9.80. The summed E-state index contributed by atoms with van der Waals surface area (Å²) < 4.78 is 6.89. The molecule has 0 aliphatic heterocycles. The summed E-state index contributed by atoms with van der Waals surface area (Å²) >= 11 is 0. The minimum atomic E-state index is -1.02. The minimum absolute atomic E-state index is 0.0763. The zero-order valence-electron chi connectivity index (χ0n) is 9.80. The van der Waals surface area contributed by atoms with Gasteiger partial charge in [-0.15, -0.1) is 0 Å². The van der Waals surface area contributed by atoms with Gasteiger partial charge in [-0.25, -0.2) is 9.78 Å². The lowest BCUT2D eigenvalue weighted by Crippen LogP contribution is -1.97. The second-order valence-corrected chi connectivity index (χ2v) is 3.75. The Morgan fingerprint density at radius 3 is 2.94 bits per heavy atom. The van der Waals surface area contributed by atoms with Gasteiger partial charge in [0.1, 0.15) is 11.6 Å². The van der Waals surface area contributed by atoms with E-state index < -0.39 is 5.97 Å². The third-order valence-electron chi connectivity index (χ3n) is 2.60. The molecule has 0 saturated heterocycles. The highest BCUT2D eigenvalue weighted by Crippen LogP contribution is 2.20. The fourth-order valence-electron chi connectivity index (χ4n) is 1.81. The van der Waals surface area contributed by atoms with Crippen molar-refractivity contribution < 1.29 is 14.6 Å². The highest BCUT2D eigenvalue weighted by molar-refractivity contribution is 5.94. The van der Waals surface area contributed by atoms with E-state index in [4.69, 9.17) is 9.84 Å². The Balaban J connectivity index is 2.67. The number of aryl methyl sites for hydroxylation is 1. The third kappa shape index (κ3) is 1.95. The van der Waals surface area contributed by atoms with Crippen LogP contribution in [0.25, 0.3) is 5.52 Å². The van der Waals surface area contributed by atoms with Crippen molar-refractivity contribution in [2.75, 3.05) is 7.11 Å². The summed E-state index contributed by atoms with van der Waals surface area (Å²) in [7, 11) is 1.55. The molecule has 5 nitrogen and oxygen atoms in total. The maximum absolute atomic E-state index is 11.1. The average molecular weight is 234 g/mol. The van der Waals surface area contributed by atoms with E-state index in [1.807, 2.05) is 6.92 Å². The average Bonchev–Trinajstić information content (AvgIpc) is 2.68. The van der Waals surface area contributed by atoms with Gasteiger partial charge in [0.2, 0.25) is 0 Å². The van der Waals surface area contributed by atoms with Crippen LogP contribution in [0.2, 0.25) is 0 Å². The van der Waals surface area contributed by atoms with Crippen LogP contribution in [0.3, 0.4) is 0 Å². The molecule has 0 unspecified atom stereocenters. The fourth-order valence-corrected chi connectivity index (χ4v) is 1.81.